The number of likely N-dealkylation sites (N-methyl/N-ethyl adjacent to an activating group) is 1. The molecule has 3 nitrogen and oxygen atoms in total. The largest absolute Gasteiger partial charge is 0.373 e. The molecule has 0 saturated carbocycles. The van der Waals surface area contributed by atoms with Crippen molar-refractivity contribution in [2.75, 3.05) is 7.05 Å². The van der Waals surface area contributed by atoms with Crippen LogP contribution < -0.4 is 5.32 Å². The summed E-state index contributed by atoms with van der Waals surface area (Å²) in [6.45, 7) is 11.5. The van der Waals surface area contributed by atoms with Gasteiger partial charge in [-0.15, -0.1) is 0 Å². The third kappa shape index (κ3) is 3.89. The van der Waals surface area contributed by atoms with Gasteiger partial charge in [0.15, 0.2) is 0 Å². The molecule has 0 aliphatic rings. The first kappa shape index (κ1) is 16.2. The normalized spacial score (nSPS) is 18.0. The fourth-order valence-corrected chi connectivity index (χ4v) is 1.52. The summed E-state index contributed by atoms with van der Waals surface area (Å²) in [5.74, 6) is 0.468. The third-order valence-corrected chi connectivity index (χ3v) is 3.18. The van der Waals surface area contributed by atoms with Crippen molar-refractivity contribution in [3.8, 4) is 6.07 Å². The lowest BCUT2D eigenvalue weighted by Crippen LogP contribution is -2.34. The van der Waals surface area contributed by atoms with Gasteiger partial charge in [-0.3, -0.25) is 4.99 Å². The van der Waals surface area contributed by atoms with Gasteiger partial charge in [-0.25, -0.2) is 0 Å². The lowest BCUT2D eigenvalue weighted by molar-refractivity contribution is 0.445. The second-order valence-corrected chi connectivity index (χ2v) is 4.32. The van der Waals surface area contributed by atoms with E-state index in [1.807, 2.05) is 45.9 Å². The van der Waals surface area contributed by atoms with Crippen LogP contribution in [0.25, 0.3) is 0 Å². The molecular formula is C15H23N3. The van der Waals surface area contributed by atoms with Gasteiger partial charge in [0.05, 0.1) is 17.5 Å². The molecule has 0 bridgehead atoms. The Morgan fingerprint density at radius 1 is 1.56 bits per heavy atom. The number of allylic oxidation sites excluding steroid dienone is 3. The van der Waals surface area contributed by atoms with E-state index < -0.39 is 5.54 Å². The van der Waals surface area contributed by atoms with Crippen LogP contribution in [0, 0.1) is 17.2 Å². The Hall–Kier alpha value is -1.82. The van der Waals surface area contributed by atoms with E-state index in [9.17, 15) is 5.26 Å². The molecule has 0 aromatic carbocycles. The Morgan fingerprint density at radius 2 is 2.17 bits per heavy atom. The molecule has 0 unspecified atom stereocenters. The lowest BCUT2D eigenvalue weighted by Gasteiger charge is -2.29. The number of hydrogen-bond acceptors (Lipinski definition) is 2. The lowest BCUT2D eigenvalue weighted by atomic mass is 9.82. The van der Waals surface area contributed by atoms with Crippen molar-refractivity contribution < 1.29 is 0 Å². The van der Waals surface area contributed by atoms with E-state index in [0.29, 0.717) is 5.84 Å². The van der Waals surface area contributed by atoms with Crippen LogP contribution >= 0.6 is 0 Å². The number of amidine groups is 1. The van der Waals surface area contributed by atoms with Gasteiger partial charge in [-0.05, 0) is 39.3 Å². The Labute approximate surface area is 111 Å². The minimum atomic E-state index is -0.555. The van der Waals surface area contributed by atoms with Crippen LogP contribution in [0.2, 0.25) is 0 Å². The van der Waals surface area contributed by atoms with Crippen molar-refractivity contribution >= 4 is 5.84 Å². The number of nitrogens with zero attached hydrogens (tertiary/aromatic N) is 2. The highest BCUT2D eigenvalue weighted by Crippen LogP contribution is 2.30. The van der Waals surface area contributed by atoms with Gasteiger partial charge in [0.1, 0.15) is 5.84 Å². The van der Waals surface area contributed by atoms with Crippen molar-refractivity contribution in [3.63, 3.8) is 0 Å². The number of hydrogen-bond donors (Lipinski definition) is 1. The van der Waals surface area contributed by atoms with E-state index in [0.717, 1.165) is 5.57 Å². The molecule has 0 amide bonds. The number of nitriles is 1. The number of nitrogens with one attached hydrogen (secondary N) is 1. The van der Waals surface area contributed by atoms with E-state index in [4.69, 9.17) is 0 Å². The maximum atomic E-state index is 9.19. The summed E-state index contributed by atoms with van der Waals surface area (Å²) in [7, 11) is 1.79. The zero-order chi connectivity index (χ0) is 14.2. The van der Waals surface area contributed by atoms with Gasteiger partial charge in [0.2, 0.25) is 0 Å². The molecule has 0 aliphatic heterocycles. The van der Waals surface area contributed by atoms with Crippen LogP contribution in [-0.4, -0.2) is 18.4 Å². The summed E-state index contributed by atoms with van der Waals surface area (Å²) < 4.78 is 0. The third-order valence-electron chi connectivity index (χ3n) is 3.18. The predicted molar refractivity (Wildman–Crippen MR) is 78.4 cm³/mol. The Bertz CT molecular complexity index is 410. The van der Waals surface area contributed by atoms with Crippen LogP contribution in [0.4, 0.5) is 0 Å². The Morgan fingerprint density at radius 3 is 2.56 bits per heavy atom. The zero-order valence-corrected chi connectivity index (χ0v) is 12.0. The molecule has 2 atom stereocenters. The topological polar surface area (TPSA) is 48.2 Å². The zero-order valence-electron chi connectivity index (χ0n) is 12.0. The standard InChI is InChI=1S/C15H23N3/c1-7-9-10-12(3)15(5,13(4)11-16)18-14(8-2)17-6/h7-10,13H,2H2,1,3-6H3,(H,17,18)/b9-7+,12-10+/t13-,15-/m0/s1. The van der Waals surface area contributed by atoms with Crippen molar-refractivity contribution in [2.24, 2.45) is 10.9 Å². The molecule has 0 heterocycles. The minimum absolute atomic E-state index is 0.220. The van der Waals surface area contributed by atoms with Crippen LogP contribution in [0.15, 0.2) is 41.4 Å². The van der Waals surface area contributed by atoms with E-state index in [1.54, 1.807) is 13.1 Å². The molecule has 3 heteroatoms. The Balaban J connectivity index is 5.66. The monoisotopic (exact) mass is 245 g/mol. The van der Waals surface area contributed by atoms with Crippen molar-refractivity contribution in [3.05, 3.63) is 36.5 Å². The fraction of sp³-hybridized carbons (Fsp3) is 0.467. The Kier molecular flexibility index (Phi) is 6.74. The van der Waals surface area contributed by atoms with E-state index in [-0.39, 0.29) is 5.92 Å². The summed E-state index contributed by atoms with van der Waals surface area (Å²) in [6.07, 6.45) is 7.57. The van der Waals surface area contributed by atoms with Gasteiger partial charge in [0.25, 0.3) is 0 Å². The van der Waals surface area contributed by atoms with Crippen LogP contribution in [0.5, 0.6) is 0 Å². The molecule has 18 heavy (non-hydrogen) atoms. The van der Waals surface area contributed by atoms with Crippen molar-refractivity contribution in [1.82, 2.24) is 5.32 Å². The molecule has 0 aliphatic carbocycles. The molecule has 98 valence electrons. The highest BCUT2D eigenvalue weighted by molar-refractivity contribution is 5.92. The predicted octanol–water partition coefficient (Wildman–Crippen LogP) is 3.23. The van der Waals surface area contributed by atoms with Crippen LogP contribution in [0.3, 0.4) is 0 Å². The summed E-state index contributed by atoms with van der Waals surface area (Å²) >= 11 is 0. The van der Waals surface area contributed by atoms with E-state index >= 15 is 0 Å². The number of rotatable bonds is 5. The fourth-order valence-electron chi connectivity index (χ4n) is 1.52. The van der Waals surface area contributed by atoms with E-state index in [2.05, 4.69) is 23.0 Å². The molecule has 0 saturated heterocycles. The van der Waals surface area contributed by atoms with Crippen LogP contribution in [0.1, 0.15) is 27.7 Å². The second-order valence-electron chi connectivity index (χ2n) is 4.32. The highest BCUT2D eigenvalue weighted by Gasteiger charge is 2.32. The van der Waals surface area contributed by atoms with Crippen molar-refractivity contribution in [1.29, 1.82) is 5.26 Å². The van der Waals surface area contributed by atoms with Gasteiger partial charge in [-0.2, -0.15) is 5.26 Å². The maximum Gasteiger partial charge on any atom is 0.120 e. The van der Waals surface area contributed by atoms with Gasteiger partial charge >= 0.3 is 0 Å². The first-order chi connectivity index (χ1) is 8.46. The molecule has 0 aromatic heterocycles. The summed E-state index contributed by atoms with van der Waals surface area (Å²) in [5, 5.41) is 12.2. The molecule has 0 fully saturated rings. The molecular weight excluding hydrogens is 222 g/mol. The van der Waals surface area contributed by atoms with Gasteiger partial charge in [-0.1, -0.05) is 24.8 Å². The molecule has 0 radical (unpaired) electrons. The summed E-state index contributed by atoms with van der Waals surface area (Å²) in [4.78, 5) is 4.63. The quantitative estimate of drug-likeness (QED) is 0.459. The SMILES string of the molecule is C=C/C(=N\[C@@](C)(/C(C)=C/C=C/C)[C@@H](C)C#N)NC. The van der Waals surface area contributed by atoms with Crippen LogP contribution in [-0.2, 0) is 0 Å². The first-order valence-electron chi connectivity index (χ1n) is 6.06. The highest BCUT2D eigenvalue weighted by atomic mass is 15.0. The number of aliphatic imine (C=N–C) groups is 1. The molecule has 0 aromatic rings. The second kappa shape index (κ2) is 7.50. The molecule has 0 rings (SSSR count). The maximum absolute atomic E-state index is 9.19. The smallest absolute Gasteiger partial charge is 0.120 e. The summed E-state index contributed by atoms with van der Waals surface area (Å²) in [5.41, 5.74) is 0.491. The average molecular weight is 245 g/mol. The molecule has 0 spiro atoms. The minimum Gasteiger partial charge on any atom is -0.373 e. The van der Waals surface area contributed by atoms with Gasteiger partial charge in [0, 0.05) is 7.05 Å². The first-order valence-corrected chi connectivity index (χ1v) is 6.06. The average Bonchev–Trinajstić information content (AvgIpc) is 2.40. The molecule has 1 N–H and O–H groups in total. The van der Waals surface area contributed by atoms with Gasteiger partial charge < -0.3 is 5.32 Å². The van der Waals surface area contributed by atoms with Crippen molar-refractivity contribution in [2.45, 2.75) is 33.2 Å². The van der Waals surface area contributed by atoms with E-state index in [1.165, 1.54) is 0 Å². The summed E-state index contributed by atoms with van der Waals surface area (Å²) in [6, 6.07) is 2.28.